The summed E-state index contributed by atoms with van der Waals surface area (Å²) in [5.41, 5.74) is 0. The molecule has 2 atom stereocenters. The summed E-state index contributed by atoms with van der Waals surface area (Å²) in [6.45, 7) is 3.95. The fourth-order valence-electron chi connectivity index (χ4n) is 1.66. The number of rotatable bonds is 6. The molecule has 88 valence electrons. The largest absolute Gasteiger partial charge is 0.478 e. The van der Waals surface area contributed by atoms with Gasteiger partial charge < -0.3 is 9.84 Å². The Morgan fingerprint density at radius 3 is 2.50 bits per heavy atom. The van der Waals surface area contributed by atoms with Crippen molar-refractivity contribution >= 4 is 5.97 Å². The summed E-state index contributed by atoms with van der Waals surface area (Å²) >= 11 is 0. The van der Waals surface area contributed by atoms with Crippen molar-refractivity contribution in [1.29, 1.82) is 0 Å². The normalized spacial score (nSPS) is 14.1. The molecule has 0 aliphatic heterocycles. The van der Waals surface area contributed by atoms with Crippen molar-refractivity contribution in [2.45, 2.75) is 32.8 Å². The number of carbonyl (C=O) groups is 1. The lowest BCUT2D eigenvalue weighted by Gasteiger charge is -2.21. The summed E-state index contributed by atoms with van der Waals surface area (Å²) in [6, 6.07) is 9.08. The van der Waals surface area contributed by atoms with E-state index in [0.29, 0.717) is 5.75 Å². The van der Waals surface area contributed by atoms with E-state index in [4.69, 9.17) is 9.84 Å². The van der Waals surface area contributed by atoms with Crippen molar-refractivity contribution < 1.29 is 14.6 Å². The Morgan fingerprint density at radius 2 is 2.00 bits per heavy atom. The molecular formula is C13H18O3. The molecule has 0 saturated heterocycles. The highest BCUT2D eigenvalue weighted by molar-refractivity contribution is 5.73. The first-order chi connectivity index (χ1) is 7.65. The van der Waals surface area contributed by atoms with Crippen LogP contribution in [0, 0.1) is 5.92 Å². The third kappa shape index (κ3) is 3.57. The van der Waals surface area contributed by atoms with Gasteiger partial charge in [-0.1, -0.05) is 38.5 Å². The number of hydrogen-bond donors (Lipinski definition) is 1. The van der Waals surface area contributed by atoms with Gasteiger partial charge in [-0.05, 0) is 18.6 Å². The zero-order chi connectivity index (χ0) is 12.0. The molecule has 1 aromatic rings. The van der Waals surface area contributed by atoms with Gasteiger partial charge in [-0.15, -0.1) is 0 Å². The van der Waals surface area contributed by atoms with Gasteiger partial charge in [-0.3, -0.25) is 0 Å². The van der Waals surface area contributed by atoms with E-state index in [0.717, 1.165) is 12.8 Å². The zero-order valence-electron chi connectivity index (χ0n) is 9.72. The van der Waals surface area contributed by atoms with Crippen LogP contribution >= 0.6 is 0 Å². The Morgan fingerprint density at radius 1 is 1.38 bits per heavy atom. The summed E-state index contributed by atoms with van der Waals surface area (Å²) in [4.78, 5) is 11.1. The summed E-state index contributed by atoms with van der Waals surface area (Å²) in [5.74, 6) is -0.273. The highest BCUT2D eigenvalue weighted by Gasteiger charge is 2.25. The molecule has 0 aromatic heterocycles. The molecule has 1 aromatic carbocycles. The smallest absolute Gasteiger partial charge is 0.345 e. The van der Waals surface area contributed by atoms with Crippen molar-refractivity contribution in [3.8, 4) is 5.75 Å². The number of benzene rings is 1. The molecule has 1 rings (SSSR count). The molecule has 0 aliphatic rings. The van der Waals surface area contributed by atoms with Crippen LogP contribution in [0.3, 0.4) is 0 Å². The molecule has 0 amide bonds. The number of carboxylic acid groups (broad SMARTS) is 1. The highest BCUT2D eigenvalue weighted by Crippen LogP contribution is 2.18. The van der Waals surface area contributed by atoms with E-state index in [9.17, 15) is 4.79 Å². The first-order valence-corrected chi connectivity index (χ1v) is 5.59. The third-order valence-corrected chi connectivity index (χ3v) is 2.51. The Kier molecular flexibility index (Phi) is 4.83. The lowest BCUT2D eigenvalue weighted by atomic mass is 9.99. The average molecular weight is 222 g/mol. The first-order valence-electron chi connectivity index (χ1n) is 5.59. The van der Waals surface area contributed by atoms with Gasteiger partial charge in [0.15, 0.2) is 6.10 Å². The topological polar surface area (TPSA) is 46.5 Å². The van der Waals surface area contributed by atoms with Gasteiger partial charge >= 0.3 is 5.97 Å². The van der Waals surface area contributed by atoms with Crippen LogP contribution in [0.5, 0.6) is 5.75 Å². The molecule has 0 aliphatic carbocycles. The highest BCUT2D eigenvalue weighted by atomic mass is 16.5. The van der Waals surface area contributed by atoms with Gasteiger partial charge in [0.05, 0.1) is 0 Å². The molecule has 16 heavy (non-hydrogen) atoms. The van der Waals surface area contributed by atoms with Gasteiger partial charge in [0.25, 0.3) is 0 Å². The summed E-state index contributed by atoms with van der Waals surface area (Å²) in [7, 11) is 0. The maximum atomic E-state index is 11.1. The Hall–Kier alpha value is -1.51. The van der Waals surface area contributed by atoms with E-state index in [2.05, 4.69) is 0 Å². The van der Waals surface area contributed by atoms with Crippen molar-refractivity contribution in [3.63, 3.8) is 0 Å². The maximum Gasteiger partial charge on any atom is 0.345 e. The molecule has 3 heteroatoms. The second kappa shape index (κ2) is 6.16. The molecule has 0 bridgehead atoms. The number of carboxylic acids is 1. The van der Waals surface area contributed by atoms with Gasteiger partial charge in [-0.25, -0.2) is 4.79 Å². The van der Waals surface area contributed by atoms with Crippen LogP contribution in [-0.4, -0.2) is 17.2 Å². The van der Waals surface area contributed by atoms with Crippen molar-refractivity contribution in [2.24, 2.45) is 5.92 Å². The summed E-state index contributed by atoms with van der Waals surface area (Å²) in [5, 5.41) is 9.11. The summed E-state index contributed by atoms with van der Waals surface area (Å²) in [6.07, 6.45) is 1.05. The van der Waals surface area contributed by atoms with Crippen molar-refractivity contribution in [3.05, 3.63) is 30.3 Å². The first kappa shape index (κ1) is 12.6. The minimum Gasteiger partial charge on any atom is -0.478 e. The fraction of sp³-hybridized carbons (Fsp3) is 0.462. The summed E-state index contributed by atoms with van der Waals surface area (Å²) < 4.78 is 5.49. The molecule has 0 saturated carbocycles. The van der Waals surface area contributed by atoms with Crippen LogP contribution in [0.2, 0.25) is 0 Å². The molecule has 0 fully saturated rings. The van der Waals surface area contributed by atoms with E-state index >= 15 is 0 Å². The van der Waals surface area contributed by atoms with E-state index in [1.54, 1.807) is 12.1 Å². The molecule has 0 radical (unpaired) electrons. The molecule has 2 unspecified atom stereocenters. The molecular weight excluding hydrogens is 204 g/mol. The second-order valence-corrected chi connectivity index (χ2v) is 3.96. The number of aliphatic carboxylic acids is 1. The van der Waals surface area contributed by atoms with Crippen LogP contribution in [0.25, 0.3) is 0 Å². The van der Waals surface area contributed by atoms with Gasteiger partial charge in [-0.2, -0.15) is 0 Å². The molecule has 1 N–H and O–H groups in total. The van der Waals surface area contributed by atoms with Crippen LogP contribution in [0.15, 0.2) is 30.3 Å². The van der Waals surface area contributed by atoms with E-state index in [-0.39, 0.29) is 5.92 Å². The Balaban J connectivity index is 2.69. The lowest BCUT2D eigenvalue weighted by Crippen LogP contribution is -2.33. The van der Waals surface area contributed by atoms with Gasteiger partial charge in [0.1, 0.15) is 5.75 Å². The quantitative estimate of drug-likeness (QED) is 0.804. The average Bonchev–Trinajstić information content (AvgIpc) is 2.27. The second-order valence-electron chi connectivity index (χ2n) is 3.96. The molecule has 3 nitrogen and oxygen atoms in total. The van der Waals surface area contributed by atoms with Gasteiger partial charge in [0.2, 0.25) is 0 Å². The third-order valence-electron chi connectivity index (χ3n) is 2.51. The van der Waals surface area contributed by atoms with Crippen LogP contribution in [-0.2, 0) is 4.79 Å². The van der Waals surface area contributed by atoms with Gasteiger partial charge in [0, 0.05) is 5.92 Å². The van der Waals surface area contributed by atoms with E-state index < -0.39 is 12.1 Å². The standard InChI is InChI=1S/C13H18O3/c1-3-7-10(2)12(13(14)15)16-11-8-5-4-6-9-11/h4-6,8-10,12H,3,7H2,1-2H3,(H,14,15). The number of para-hydroxylation sites is 1. The lowest BCUT2D eigenvalue weighted by molar-refractivity contribution is -0.147. The SMILES string of the molecule is CCCC(C)C(Oc1ccccc1)C(=O)O. The van der Waals surface area contributed by atoms with Crippen molar-refractivity contribution in [1.82, 2.24) is 0 Å². The zero-order valence-corrected chi connectivity index (χ0v) is 9.72. The Labute approximate surface area is 96.1 Å². The van der Waals surface area contributed by atoms with Crippen molar-refractivity contribution in [2.75, 3.05) is 0 Å². The van der Waals surface area contributed by atoms with Crippen LogP contribution < -0.4 is 4.74 Å². The Bertz CT molecular complexity index is 321. The number of hydrogen-bond acceptors (Lipinski definition) is 2. The predicted molar refractivity (Wildman–Crippen MR) is 62.6 cm³/mol. The van der Waals surface area contributed by atoms with E-state index in [1.165, 1.54) is 0 Å². The molecule has 0 heterocycles. The van der Waals surface area contributed by atoms with Crippen LogP contribution in [0.1, 0.15) is 26.7 Å². The monoisotopic (exact) mass is 222 g/mol. The minimum absolute atomic E-state index is 0.0164. The minimum atomic E-state index is -0.898. The fourth-order valence-corrected chi connectivity index (χ4v) is 1.66. The predicted octanol–water partition coefficient (Wildman–Crippen LogP) is 2.95. The van der Waals surface area contributed by atoms with Crippen LogP contribution in [0.4, 0.5) is 0 Å². The number of ether oxygens (including phenoxy) is 1. The molecule has 0 spiro atoms. The maximum absolute atomic E-state index is 11.1. The van der Waals surface area contributed by atoms with E-state index in [1.807, 2.05) is 32.0 Å².